The van der Waals surface area contributed by atoms with Gasteiger partial charge in [-0.3, -0.25) is 9.69 Å². The zero-order valence-corrected chi connectivity index (χ0v) is 17.3. The van der Waals surface area contributed by atoms with E-state index in [1.807, 2.05) is 42.5 Å². The first-order valence-electron chi connectivity index (χ1n) is 9.80. The van der Waals surface area contributed by atoms with Crippen molar-refractivity contribution in [2.75, 3.05) is 18.1 Å². The lowest BCUT2D eigenvalue weighted by Gasteiger charge is -2.22. The van der Waals surface area contributed by atoms with Crippen LogP contribution in [-0.2, 0) is 6.54 Å². The van der Waals surface area contributed by atoms with Crippen LogP contribution < -0.4 is 14.4 Å². The van der Waals surface area contributed by atoms with Crippen molar-refractivity contribution in [3.05, 3.63) is 83.4 Å². The van der Waals surface area contributed by atoms with Crippen molar-refractivity contribution in [1.82, 2.24) is 4.98 Å². The van der Waals surface area contributed by atoms with Crippen molar-refractivity contribution in [2.24, 2.45) is 0 Å². The molecular weight excluding hydrogens is 396 g/mol. The molecule has 6 heteroatoms. The zero-order chi connectivity index (χ0) is 20.5. The molecule has 150 valence electrons. The fourth-order valence-electron chi connectivity index (χ4n) is 3.46. The topological polar surface area (TPSA) is 51.7 Å². The molecule has 1 amide bonds. The van der Waals surface area contributed by atoms with Crippen LogP contribution in [0.25, 0.3) is 10.2 Å². The number of thiazole rings is 1. The molecule has 3 aromatic carbocycles. The van der Waals surface area contributed by atoms with Gasteiger partial charge < -0.3 is 9.47 Å². The van der Waals surface area contributed by atoms with E-state index in [0.717, 1.165) is 15.8 Å². The number of anilines is 1. The monoisotopic (exact) mass is 416 g/mol. The minimum absolute atomic E-state index is 0.119. The van der Waals surface area contributed by atoms with E-state index in [2.05, 4.69) is 13.0 Å². The minimum Gasteiger partial charge on any atom is -0.486 e. The summed E-state index contributed by atoms with van der Waals surface area (Å²) >= 11 is 1.53. The van der Waals surface area contributed by atoms with Crippen LogP contribution in [0.3, 0.4) is 0 Å². The summed E-state index contributed by atoms with van der Waals surface area (Å²) in [5.41, 5.74) is 3.66. The van der Waals surface area contributed by atoms with Gasteiger partial charge in [-0.15, -0.1) is 0 Å². The number of benzene rings is 3. The fourth-order valence-corrected chi connectivity index (χ4v) is 4.52. The molecule has 0 spiro atoms. The lowest BCUT2D eigenvalue weighted by Crippen LogP contribution is -2.30. The number of aryl methyl sites for hydroxylation is 1. The van der Waals surface area contributed by atoms with E-state index in [1.54, 1.807) is 23.1 Å². The Morgan fingerprint density at radius 1 is 1.00 bits per heavy atom. The largest absolute Gasteiger partial charge is 0.486 e. The van der Waals surface area contributed by atoms with E-state index in [4.69, 9.17) is 14.5 Å². The number of hydrogen-bond donors (Lipinski definition) is 0. The number of aromatic nitrogens is 1. The van der Waals surface area contributed by atoms with Gasteiger partial charge >= 0.3 is 0 Å². The molecule has 1 aliphatic rings. The van der Waals surface area contributed by atoms with Crippen LogP contribution in [0.4, 0.5) is 5.13 Å². The van der Waals surface area contributed by atoms with Gasteiger partial charge in [-0.1, -0.05) is 47.7 Å². The highest BCUT2D eigenvalue weighted by Gasteiger charge is 2.24. The second kappa shape index (κ2) is 7.80. The van der Waals surface area contributed by atoms with E-state index < -0.39 is 0 Å². The van der Waals surface area contributed by atoms with Crippen molar-refractivity contribution < 1.29 is 14.3 Å². The summed E-state index contributed by atoms with van der Waals surface area (Å²) < 4.78 is 12.3. The van der Waals surface area contributed by atoms with Crippen LogP contribution in [0.15, 0.2) is 66.7 Å². The summed E-state index contributed by atoms with van der Waals surface area (Å²) in [5, 5.41) is 0.680. The van der Waals surface area contributed by atoms with Gasteiger partial charge in [-0.2, -0.15) is 0 Å². The first-order valence-corrected chi connectivity index (χ1v) is 10.6. The number of amides is 1. The molecule has 0 bridgehead atoms. The highest BCUT2D eigenvalue weighted by molar-refractivity contribution is 7.22. The highest BCUT2D eigenvalue weighted by atomic mass is 32.1. The Labute approximate surface area is 178 Å². The maximum Gasteiger partial charge on any atom is 0.260 e. The van der Waals surface area contributed by atoms with Crippen LogP contribution in [0, 0.1) is 6.92 Å². The van der Waals surface area contributed by atoms with E-state index in [9.17, 15) is 4.79 Å². The zero-order valence-electron chi connectivity index (χ0n) is 16.5. The van der Waals surface area contributed by atoms with Crippen molar-refractivity contribution >= 4 is 32.6 Å². The Hall–Kier alpha value is -3.38. The summed E-state index contributed by atoms with van der Waals surface area (Å²) in [6, 6.07) is 21.4. The third-order valence-corrected chi connectivity index (χ3v) is 6.02. The summed E-state index contributed by atoms with van der Waals surface area (Å²) in [7, 11) is 0. The Morgan fingerprint density at radius 3 is 2.63 bits per heavy atom. The fraction of sp³-hybridized carbons (Fsp3) is 0.167. The van der Waals surface area contributed by atoms with E-state index >= 15 is 0 Å². The van der Waals surface area contributed by atoms with Crippen molar-refractivity contribution in [2.45, 2.75) is 13.5 Å². The predicted molar refractivity (Wildman–Crippen MR) is 119 cm³/mol. The average Bonchev–Trinajstić information content (AvgIpc) is 3.20. The minimum atomic E-state index is -0.119. The molecule has 4 aromatic rings. The van der Waals surface area contributed by atoms with Crippen molar-refractivity contribution in [3.8, 4) is 11.5 Å². The van der Waals surface area contributed by atoms with Gasteiger partial charge in [0.25, 0.3) is 5.91 Å². The van der Waals surface area contributed by atoms with Crippen LogP contribution in [0.2, 0.25) is 0 Å². The molecule has 2 heterocycles. The molecule has 0 N–H and O–H groups in total. The summed E-state index contributed by atoms with van der Waals surface area (Å²) in [5.74, 6) is 1.15. The number of hydrogen-bond acceptors (Lipinski definition) is 5. The third kappa shape index (κ3) is 3.62. The smallest absolute Gasteiger partial charge is 0.260 e. The maximum atomic E-state index is 13.6. The summed E-state index contributed by atoms with van der Waals surface area (Å²) in [4.78, 5) is 20.1. The van der Waals surface area contributed by atoms with Crippen LogP contribution in [0.1, 0.15) is 21.5 Å². The second-order valence-corrected chi connectivity index (χ2v) is 8.21. The molecule has 1 aromatic heterocycles. The molecule has 0 saturated carbocycles. The van der Waals surface area contributed by atoms with Crippen LogP contribution >= 0.6 is 11.3 Å². The molecule has 5 nitrogen and oxygen atoms in total. The molecule has 5 rings (SSSR count). The van der Waals surface area contributed by atoms with Gasteiger partial charge in [0.05, 0.1) is 16.8 Å². The maximum absolute atomic E-state index is 13.6. The lowest BCUT2D eigenvalue weighted by atomic mass is 10.1. The molecule has 0 radical (unpaired) electrons. The van der Waals surface area contributed by atoms with Crippen LogP contribution in [-0.4, -0.2) is 24.1 Å². The van der Waals surface area contributed by atoms with E-state index in [-0.39, 0.29) is 5.91 Å². The molecular formula is C24H20N2O3S. The Bertz CT molecular complexity index is 1220. The Kier molecular flexibility index (Phi) is 4.85. The Balaban J connectivity index is 1.55. The van der Waals surface area contributed by atoms with E-state index in [1.165, 1.54) is 16.9 Å². The second-order valence-electron chi connectivity index (χ2n) is 7.20. The SMILES string of the molecule is Cc1ccc2nc(N(Cc3ccccc3)C(=O)c3ccc4c(c3)OCCO4)sc2c1. The molecule has 0 saturated heterocycles. The standard InChI is InChI=1S/C24H20N2O3S/c1-16-7-9-19-22(13-16)30-24(25-19)26(15-17-5-3-2-4-6-17)23(27)18-8-10-20-21(14-18)29-12-11-28-20/h2-10,13-14H,11-12,15H2,1H3. The number of rotatable bonds is 4. The molecule has 0 fully saturated rings. The number of fused-ring (bicyclic) bond motifs is 2. The highest BCUT2D eigenvalue weighted by Crippen LogP contribution is 2.34. The van der Waals surface area contributed by atoms with Crippen LogP contribution in [0.5, 0.6) is 11.5 Å². The quantitative estimate of drug-likeness (QED) is 0.458. The Morgan fingerprint density at radius 2 is 1.80 bits per heavy atom. The summed E-state index contributed by atoms with van der Waals surface area (Å²) in [6.07, 6.45) is 0. The van der Waals surface area contributed by atoms with Crippen molar-refractivity contribution in [1.29, 1.82) is 0 Å². The number of carbonyl (C=O) groups excluding carboxylic acids is 1. The van der Waals surface area contributed by atoms with Gasteiger partial charge in [0.1, 0.15) is 13.2 Å². The molecule has 1 aliphatic heterocycles. The lowest BCUT2D eigenvalue weighted by molar-refractivity contribution is 0.0984. The van der Waals surface area contributed by atoms with Gasteiger partial charge in [0.15, 0.2) is 16.6 Å². The van der Waals surface area contributed by atoms with Gasteiger partial charge in [0.2, 0.25) is 0 Å². The molecule has 0 unspecified atom stereocenters. The number of nitrogens with zero attached hydrogens (tertiary/aromatic N) is 2. The van der Waals surface area contributed by atoms with Gasteiger partial charge in [-0.25, -0.2) is 4.98 Å². The van der Waals surface area contributed by atoms with Gasteiger partial charge in [0, 0.05) is 5.56 Å². The van der Waals surface area contributed by atoms with Crippen molar-refractivity contribution in [3.63, 3.8) is 0 Å². The number of ether oxygens (including phenoxy) is 2. The predicted octanol–water partition coefficient (Wildman–Crippen LogP) is 5.22. The average molecular weight is 417 g/mol. The molecule has 0 atom stereocenters. The van der Waals surface area contributed by atoms with E-state index in [0.29, 0.717) is 42.0 Å². The first kappa shape index (κ1) is 18.6. The third-order valence-electron chi connectivity index (χ3n) is 4.98. The first-order chi connectivity index (χ1) is 14.7. The van der Waals surface area contributed by atoms with Gasteiger partial charge in [-0.05, 0) is 48.4 Å². The number of carbonyl (C=O) groups is 1. The normalized spacial score (nSPS) is 12.7. The molecule has 30 heavy (non-hydrogen) atoms. The summed E-state index contributed by atoms with van der Waals surface area (Å²) in [6.45, 7) is 3.50. The molecule has 0 aliphatic carbocycles.